The van der Waals surface area contributed by atoms with Gasteiger partial charge in [0.25, 0.3) is 0 Å². The zero-order valence-electron chi connectivity index (χ0n) is 9.13. The van der Waals surface area contributed by atoms with Gasteiger partial charge in [-0.15, -0.1) is 0 Å². The number of hydrogen-bond acceptors (Lipinski definition) is 2. The van der Waals surface area contributed by atoms with Crippen molar-refractivity contribution in [3.05, 3.63) is 34.9 Å². The van der Waals surface area contributed by atoms with E-state index >= 15 is 0 Å². The summed E-state index contributed by atoms with van der Waals surface area (Å²) in [7, 11) is 1.56. The van der Waals surface area contributed by atoms with Gasteiger partial charge in [0.05, 0.1) is 0 Å². The number of rotatable bonds is 3. The Morgan fingerprint density at radius 3 is 2.07 bits per heavy atom. The van der Waals surface area contributed by atoms with Crippen LogP contribution in [0.2, 0.25) is 0 Å². The number of Topliss-reactive ketones (excluding diaryl/α,β-unsaturated/α-hetero) is 1. The van der Waals surface area contributed by atoms with Gasteiger partial charge >= 0.3 is 0 Å². The molecule has 1 aromatic carbocycles. The standard InChI is InChI=1S/C12H16O2/c1-8-5-9(2)7-11(6-8)12(14-4)10(3)13/h5-7,12H,1-4H3. The van der Waals surface area contributed by atoms with Crippen LogP contribution in [0.4, 0.5) is 0 Å². The fourth-order valence-electron chi connectivity index (χ4n) is 1.70. The molecular weight excluding hydrogens is 176 g/mol. The highest BCUT2D eigenvalue weighted by Gasteiger charge is 2.15. The van der Waals surface area contributed by atoms with E-state index in [1.165, 1.54) is 0 Å². The molecule has 1 rings (SSSR count). The average Bonchev–Trinajstić information content (AvgIpc) is 2.02. The summed E-state index contributed by atoms with van der Waals surface area (Å²) in [5.74, 6) is 0.0394. The van der Waals surface area contributed by atoms with E-state index in [4.69, 9.17) is 4.74 Å². The van der Waals surface area contributed by atoms with Gasteiger partial charge in [0.1, 0.15) is 6.10 Å². The number of hydrogen-bond donors (Lipinski definition) is 0. The second-order valence-corrected chi connectivity index (χ2v) is 3.65. The SMILES string of the molecule is COC(C(C)=O)c1cc(C)cc(C)c1. The van der Waals surface area contributed by atoms with Crippen LogP contribution in [-0.4, -0.2) is 12.9 Å². The van der Waals surface area contributed by atoms with E-state index in [1.54, 1.807) is 14.0 Å². The van der Waals surface area contributed by atoms with Gasteiger partial charge < -0.3 is 4.74 Å². The molecule has 0 radical (unpaired) electrons. The van der Waals surface area contributed by atoms with Crippen molar-refractivity contribution in [1.29, 1.82) is 0 Å². The number of carbonyl (C=O) groups is 1. The van der Waals surface area contributed by atoms with E-state index in [2.05, 4.69) is 6.07 Å². The summed E-state index contributed by atoms with van der Waals surface area (Å²) >= 11 is 0. The molecule has 2 heteroatoms. The van der Waals surface area contributed by atoms with Gasteiger partial charge in [-0.3, -0.25) is 4.79 Å². The molecule has 0 aliphatic carbocycles. The predicted molar refractivity (Wildman–Crippen MR) is 56.3 cm³/mol. The van der Waals surface area contributed by atoms with Crippen LogP contribution in [0.1, 0.15) is 29.7 Å². The van der Waals surface area contributed by atoms with Crippen LogP contribution in [0.15, 0.2) is 18.2 Å². The van der Waals surface area contributed by atoms with Crippen LogP contribution < -0.4 is 0 Å². The lowest BCUT2D eigenvalue weighted by Gasteiger charge is -2.13. The molecule has 2 nitrogen and oxygen atoms in total. The Hall–Kier alpha value is -1.15. The van der Waals surface area contributed by atoms with E-state index in [9.17, 15) is 4.79 Å². The molecule has 14 heavy (non-hydrogen) atoms. The van der Waals surface area contributed by atoms with Crippen molar-refractivity contribution < 1.29 is 9.53 Å². The van der Waals surface area contributed by atoms with Gasteiger partial charge in [0.2, 0.25) is 0 Å². The maximum atomic E-state index is 11.3. The Morgan fingerprint density at radius 2 is 1.71 bits per heavy atom. The van der Waals surface area contributed by atoms with Crippen LogP contribution in [-0.2, 0) is 9.53 Å². The molecule has 0 saturated heterocycles. The van der Waals surface area contributed by atoms with E-state index in [0.717, 1.165) is 16.7 Å². The summed E-state index contributed by atoms with van der Waals surface area (Å²) in [6, 6.07) is 6.06. The van der Waals surface area contributed by atoms with Crippen molar-refractivity contribution in [2.75, 3.05) is 7.11 Å². The first-order valence-electron chi connectivity index (χ1n) is 4.66. The summed E-state index contributed by atoms with van der Waals surface area (Å²) in [6.45, 7) is 5.58. The minimum atomic E-state index is -0.423. The van der Waals surface area contributed by atoms with Gasteiger partial charge in [-0.05, 0) is 26.3 Å². The Morgan fingerprint density at radius 1 is 1.21 bits per heavy atom. The lowest BCUT2D eigenvalue weighted by Crippen LogP contribution is -2.11. The lowest BCUT2D eigenvalue weighted by atomic mass is 10.0. The van der Waals surface area contributed by atoms with E-state index < -0.39 is 6.10 Å². The first-order valence-corrected chi connectivity index (χ1v) is 4.66. The van der Waals surface area contributed by atoms with Crippen LogP contribution in [0.25, 0.3) is 0 Å². The van der Waals surface area contributed by atoms with Crippen LogP contribution in [0.3, 0.4) is 0 Å². The first-order chi connectivity index (χ1) is 6.54. The highest BCUT2D eigenvalue weighted by Crippen LogP contribution is 2.20. The second-order valence-electron chi connectivity index (χ2n) is 3.65. The third-order valence-corrected chi connectivity index (χ3v) is 2.15. The van der Waals surface area contributed by atoms with Crippen molar-refractivity contribution in [3.63, 3.8) is 0 Å². The molecule has 1 aromatic rings. The summed E-state index contributed by atoms with van der Waals surface area (Å²) in [5.41, 5.74) is 3.25. The molecule has 0 heterocycles. The number of benzene rings is 1. The number of ether oxygens (including phenoxy) is 1. The van der Waals surface area contributed by atoms with E-state index in [0.29, 0.717) is 0 Å². The van der Waals surface area contributed by atoms with Crippen molar-refractivity contribution in [1.82, 2.24) is 0 Å². The molecular formula is C12H16O2. The predicted octanol–water partition coefficient (Wildman–Crippen LogP) is 2.58. The Bertz CT molecular complexity index is 322. The van der Waals surface area contributed by atoms with Gasteiger partial charge in [0.15, 0.2) is 5.78 Å². The molecule has 0 spiro atoms. The molecule has 0 amide bonds. The Balaban J connectivity index is 3.10. The fourth-order valence-corrected chi connectivity index (χ4v) is 1.70. The maximum absolute atomic E-state index is 11.3. The topological polar surface area (TPSA) is 26.3 Å². The van der Waals surface area contributed by atoms with E-state index in [-0.39, 0.29) is 5.78 Å². The summed E-state index contributed by atoms with van der Waals surface area (Å²) < 4.78 is 5.16. The summed E-state index contributed by atoms with van der Waals surface area (Å²) in [4.78, 5) is 11.3. The fraction of sp³-hybridized carbons (Fsp3) is 0.417. The molecule has 76 valence electrons. The zero-order chi connectivity index (χ0) is 10.7. The third-order valence-electron chi connectivity index (χ3n) is 2.15. The molecule has 0 aliphatic rings. The summed E-state index contributed by atoms with van der Waals surface area (Å²) in [6.07, 6.45) is -0.423. The van der Waals surface area contributed by atoms with Crippen molar-refractivity contribution in [2.45, 2.75) is 26.9 Å². The molecule has 0 bridgehead atoms. The highest BCUT2D eigenvalue weighted by atomic mass is 16.5. The molecule has 0 saturated carbocycles. The Kier molecular flexibility index (Phi) is 3.42. The molecule has 1 atom stereocenters. The van der Waals surface area contributed by atoms with Crippen LogP contribution >= 0.6 is 0 Å². The molecule has 0 fully saturated rings. The van der Waals surface area contributed by atoms with Crippen LogP contribution in [0.5, 0.6) is 0 Å². The van der Waals surface area contributed by atoms with Crippen molar-refractivity contribution >= 4 is 5.78 Å². The average molecular weight is 192 g/mol. The third kappa shape index (κ3) is 2.42. The van der Waals surface area contributed by atoms with Crippen LogP contribution in [0, 0.1) is 13.8 Å². The lowest BCUT2D eigenvalue weighted by molar-refractivity contribution is -0.126. The highest BCUT2D eigenvalue weighted by molar-refractivity contribution is 5.82. The molecule has 1 unspecified atom stereocenters. The first kappa shape index (κ1) is 10.9. The minimum Gasteiger partial charge on any atom is -0.369 e. The van der Waals surface area contributed by atoms with Gasteiger partial charge in [-0.2, -0.15) is 0 Å². The molecule has 0 aromatic heterocycles. The molecule has 0 aliphatic heterocycles. The Labute approximate surface area is 84.9 Å². The van der Waals surface area contributed by atoms with Crippen molar-refractivity contribution in [3.8, 4) is 0 Å². The van der Waals surface area contributed by atoms with Gasteiger partial charge in [-0.1, -0.05) is 29.3 Å². The van der Waals surface area contributed by atoms with Crippen molar-refractivity contribution in [2.24, 2.45) is 0 Å². The normalized spacial score (nSPS) is 12.6. The van der Waals surface area contributed by atoms with Gasteiger partial charge in [-0.25, -0.2) is 0 Å². The maximum Gasteiger partial charge on any atom is 0.163 e. The van der Waals surface area contributed by atoms with Gasteiger partial charge in [0, 0.05) is 7.11 Å². The van der Waals surface area contributed by atoms with E-state index in [1.807, 2.05) is 26.0 Å². The summed E-state index contributed by atoms with van der Waals surface area (Å²) in [5, 5.41) is 0. The number of aryl methyl sites for hydroxylation is 2. The number of ketones is 1. The zero-order valence-corrected chi connectivity index (χ0v) is 9.13. The second kappa shape index (κ2) is 4.38. The molecule has 0 N–H and O–H groups in total. The smallest absolute Gasteiger partial charge is 0.163 e. The number of methoxy groups -OCH3 is 1. The monoisotopic (exact) mass is 192 g/mol. The largest absolute Gasteiger partial charge is 0.369 e. The minimum absolute atomic E-state index is 0.0394. The number of carbonyl (C=O) groups excluding carboxylic acids is 1. The quantitative estimate of drug-likeness (QED) is 0.735.